The average Bonchev–Trinajstić information content (AvgIpc) is 2.39. The lowest BCUT2D eigenvalue weighted by Gasteiger charge is -2.14. The van der Waals surface area contributed by atoms with E-state index in [0.717, 1.165) is 17.0 Å². The molecule has 0 fully saturated rings. The standard InChI is InChI=1S/C15H17ClN2O/c1-10-3-6-15(19-2)11(7-10)8-13(17)14-5-4-12(16)9-18-14/h3-7,9,13H,8,17H2,1-2H3. The highest BCUT2D eigenvalue weighted by Gasteiger charge is 2.12. The maximum absolute atomic E-state index is 6.19. The number of pyridine rings is 1. The molecule has 0 radical (unpaired) electrons. The third kappa shape index (κ3) is 3.46. The number of aromatic nitrogens is 1. The van der Waals surface area contributed by atoms with Crippen LogP contribution in [0, 0.1) is 6.92 Å². The SMILES string of the molecule is COc1ccc(C)cc1CC(N)c1ccc(Cl)cn1. The fourth-order valence-electron chi connectivity index (χ4n) is 2.01. The number of nitrogens with zero attached hydrogens (tertiary/aromatic N) is 1. The highest BCUT2D eigenvalue weighted by Crippen LogP contribution is 2.24. The van der Waals surface area contributed by atoms with Crippen molar-refractivity contribution in [3.8, 4) is 5.75 Å². The summed E-state index contributed by atoms with van der Waals surface area (Å²) in [6.07, 6.45) is 2.30. The number of hydrogen-bond donors (Lipinski definition) is 1. The fraction of sp³-hybridized carbons (Fsp3) is 0.267. The van der Waals surface area contributed by atoms with Crippen LogP contribution < -0.4 is 10.5 Å². The van der Waals surface area contributed by atoms with Gasteiger partial charge in [-0.3, -0.25) is 4.98 Å². The van der Waals surface area contributed by atoms with Gasteiger partial charge < -0.3 is 10.5 Å². The van der Waals surface area contributed by atoms with Crippen molar-refractivity contribution < 1.29 is 4.74 Å². The number of ether oxygens (including phenoxy) is 1. The largest absolute Gasteiger partial charge is 0.496 e. The Kier molecular flexibility index (Phi) is 4.40. The summed E-state index contributed by atoms with van der Waals surface area (Å²) in [6.45, 7) is 2.05. The predicted molar refractivity (Wildman–Crippen MR) is 77.6 cm³/mol. The van der Waals surface area contributed by atoms with Gasteiger partial charge in [-0.05, 0) is 37.1 Å². The molecule has 2 aromatic rings. The van der Waals surface area contributed by atoms with Crippen LogP contribution in [0.15, 0.2) is 36.5 Å². The lowest BCUT2D eigenvalue weighted by molar-refractivity contribution is 0.408. The van der Waals surface area contributed by atoms with Gasteiger partial charge in [0.05, 0.1) is 23.9 Å². The zero-order valence-electron chi connectivity index (χ0n) is 11.1. The van der Waals surface area contributed by atoms with Crippen LogP contribution in [0.5, 0.6) is 5.75 Å². The first-order chi connectivity index (χ1) is 9.10. The molecule has 1 heterocycles. The maximum atomic E-state index is 6.19. The molecule has 1 aromatic heterocycles. The van der Waals surface area contributed by atoms with E-state index in [1.165, 1.54) is 5.56 Å². The number of benzene rings is 1. The lowest BCUT2D eigenvalue weighted by atomic mass is 10.0. The number of nitrogens with two attached hydrogens (primary N) is 1. The molecule has 0 spiro atoms. The lowest BCUT2D eigenvalue weighted by Crippen LogP contribution is -2.15. The summed E-state index contributed by atoms with van der Waals surface area (Å²) in [4.78, 5) is 4.25. The number of hydrogen-bond acceptors (Lipinski definition) is 3. The van der Waals surface area contributed by atoms with E-state index >= 15 is 0 Å². The second-order valence-electron chi connectivity index (χ2n) is 4.53. The molecule has 3 nitrogen and oxygen atoms in total. The minimum atomic E-state index is -0.173. The second-order valence-corrected chi connectivity index (χ2v) is 4.96. The molecular formula is C15H17ClN2O. The minimum absolute atomic E-state index is 0.173. The van der Waals surface area contributed by atoms with Gasteiger partial charge in [0, 0.05) is 6.20 Å². The van der Waals surface area contributed by atoms with Gasteiger partial charge >= 0.3 is 0 Å². The van der Waals surface area contributed by atoms with E-state index in [1.807, 2.05) is 18.2 Å². The summed E-state index contributed by atoms with van der Waals surface area (Å²) in [5.74, 6) is 0.856. The van der Waals surface area contributed by atoms with Crippen LogP contribution in [-0.2, 0) is 6.42 Å². The summed E-state index contributed by atoms with van der Waals surface area (Å²) in [5.41, 5.74) is 9.29. The molecule has 0 saturated carbocycles. The second kappa shape index (κ2) is 6.04. The van der Waals surface area contributed by atoms with Crippen molar-refractivity contribution in [2.24, 2.45) is 5.73 Å². The topological polar surface area (TPSA) is 48.1 Å². The van der Waals surface area contributed by atoms with Gasteiger partial charge in [-0.2, -0.15) is 0 Å². The Morgan fingerprint density at radius 1 is 1.32 bits per heavy atom. The Labute approximate surface area is 118 Å². The number of methoxy groups -OCH3 is 1. The molecule has 0 bridgehead atoms. The number of rotatable bonds is 4. The third-order valence-corrected chi connectivity index (χ3v) is 3.23. The van der Waals surface area contributed by atoms with Crippen LogP contribution in [0.2, 0.25) is 5.02 Å². The third-order valence-electron chi connectivity index (χ3n) is 3.01. The van der Waals surface area contributed by atoms with E-state index in [2.05, 4.69) is 18.0 Å². The van der Waals surface area contributed by atoms with Gasteiger partial charge in [-0.1, -0.05) is 29.3 Å². The van der Waals surface area contributed by atoms with Gasteiger partial charge in [0.15, 0.2) is 0 Å². The summed E-state index contributed by atoms with van der Waals surface area (Å²) in [7, 11) is 1.67. The first-order valence-electron chi connectivity index (χ1n) is 6.10. The van der Waals surface area contributed by atoms with Crippen molar-refractivity contribution in [2.75, 3.05) is 7.11 Å². The zero-order chi connectivity index (χ0) is 13.8. The summed E-state index contributed by atoms with van der Waals surface area (Å²) >= 11 is 5.82. The highest BCUT2D eigenvalue weighted by molar-refractivity contribution is 6.30. The van der Waals surface area contributed by atoms with Crippen molar-refractivity contribution in [3.63, 3.8) is 0 Å². The van der Waals surface area contributed by atoms with E-state index < -0.39 is 0 Å². The number of halogens is 1. The first-order valence-corrected chi connectivity index (χ1v) is 6.48. The van der Waals surface area contributed by atoms with Crippen molar-refractivity contribution in [1.82, 2.24) is 4.98 Å². The first kappa shape index (κ1) is 13.8. The van der Waals surface area contributed by atoms with Gasteiger partial charge in [-0.15, -0.1) is 0 Å². The monoisotopic (exact) mass is 276 g/mol. The Morgan fingerprint density at radius 3 is 2.74 bits per heavy atom. The van der Waals surface area contributed by atoms with Crippen molar-refractivity contribution in [2.45, 2.75) is 19.4 Å². The smallest absolute Gasteiger partial charge is 0.122 e. The highest BCUT2D eigenvalue weighted by atomic mass is 35.5. The van der Waals surface area contributed by atoms with Crippen LogP contribution in [0.4, 0.5) is 0 Å². The number of aryl methyl sites for hydroxylation is 1. The molecule has 0 amide bonds. The maximum Gasteiger partial charge on any atom is 0.122 e. The molecule has 0 saturated heterocycles. The van der Waals surface area contributed by atoms with E-state index in [4.69, 9.17) is 22.1 Å². The van der Waals surface area contributed by atoms with Crippen LogP contribution >= 0.6 is 11.6 Å². The normalized spacial score (nSPS) is 12.2. The van der Waals surface area contributed by atoms with Crippen LogP contribution in [0.1, 0.15) is 22.9 Å². The van der Waals surface area contributed by atoms with Crippen LogP contribution in [0.25, 0.3) is 0 Å². The van der Waals surface area contributed by atoms with Crippen molar-refractivity contribution >= 4 is 11.6 Å². The minimum Gasteiger partial charge on any atom is -0.496 e. The molecule has 19 heavy (non-hydrogen) atoms. The molecule has 0 aliphatic rings. The fourth-order valence-corrected chi connectivity index (χ4v) is 2.13. The molecule has 0 aliphatic heterocycles. The van der Waals surface area contributed by atoms with E-state index in [-0.39, 0.29) is 6.04 Å². The molecule has 2 N–H and O–H groups in total. The van der Waals surface area contributed by atoms with E-state index in [1.54, 1.807) is 19.4 Å². The van der Waals surface area contributed by atoms with Gasteiger partial charge in [0.25, 0.3) is 0 Å². The van der Waals surface area contributed by atoms with Crippen molar-refractivity contribution in [1.29, 1.82) is 0 Å². The quantitative estimate of drug-likeness (QED) is 0.932. The zero-order valence-corrected chi connectivity index (χ0v) is 11.8. The molecule has 1 atom stereocenters. The molecule has 100 valence electrons. The Morgan fingerprint density at radius 2 is 2.11 bits per heavy atom. The molecule has 0 aliphatic carbocycles. The average molecular weight is 277 g/mol. The van der Waals surface area contributed by atoms with Gasteiger partial charge in [0.2, 0.25) is 0 Å². The van der Waals surface area contributed by atoms with Crippen LogP contribution in [-0.4, -0.2) is 12.1 Å². The predicted octanol–water partition coefficient (Wildman–Crippen LogP) is 3.29. The molecular weight excluding hydrogens is 260 g/mol. The van der Waals surface area contributed by atoms with E-state index in [9.17, 15) is 0 Å². The van der Waals surface area contributed by atoms with Crippen LogP contribution in [0.3, 0.4) is 0 Å². The summed E-state index contributed by atoms with van der Waals surface area (Å²) < 4.78 is 5.36. The molecule has 2 rings (SSSR count). The Bertz CT molecular complexity index is 555. The Balaban J connectivity index is 2.20. The summed E-state index contributed by atoms with van der Waals surface area (Å²) in [5, 5.41) is 0.615. The van der Waals surface area contributed by atoms with E-state index in [0.29, 0.717) is 11.4 Å². The van der Waals surface area contributed by atoms with Crippen molar-refractivity contribution in [3.05, 3.63) is 58.4 Å². The molecule has 1 aromatic carbocycles. The Hall–Kier alpha value is -1.58. The van der Waals surface area contributed by atoms with Gasteiger partial charge in [0.1, 0.15) is 5.75 Å². The van der Waals surface area contributed by atoms with Gasteiger partial charge in [-0.25, -0.2) is 0 Å². The molecule has 4 heteroatoms. The molecule has 1 unspecified atom stereocenters. The summed E-state index contributed by atoms with van der Waals surface area (Å²) in [6, 6.07) is 9.57.